The molecule has 0 saturated carbocycles. The van der Waals surface area contributed by atoms with Gasteiger partial charge in [0.05, 0.1) is 0 Å². The molecule has 0 aromatic heterocycles. The van der Waals surface area contributed by atoms with Gasteiger partial charge in [-0.25, -0.2) is 0 Å². The molecule has 0 aliphatic rings. The van der Waals surface area contributed by atoms with Gasteiger partial charge in [0.15, 0.2) is 0 Å². The molecule has 0 saturated heterocycles. The van der Waals surface area contributed by atoms with Crippen LogP contribution in [0.25, 0.3) is 0 Å². The Bertz CT molecular complexity index is 291. The van der Waals surface area contributed by atoms with Crippen LogP contribution in [0.15, 0.2) is 29.2 Å². The molecule has 1 aromatic rings. The van der Waals surface area contributed by atoms with E-state index in [0.717, 1.165) is 18.7 Å². The van der Waals surface area contributed by atoms with Crippen LogP contribution in [-0.4, -0.2) is 26.0 Å². The molecule has 2 nitrogen and oxygen atoms in total. The van der Waals surface area contributed by atoms with E-state index >= 15 is 0 Å². The summed E-state index contributed by atoms with van der Waals surface area (Å²) in [6.45, 7) is 3.03. The lowest BCUT2D eigenvalue weighted by Crippen LogP contribution is -2.28. The average Bonchev–Trinajstić information content (AvgIpc) is 2.29. The van der Waals surface area contributed by atoms with Crippen LogP contribution in [0, 0.1) is 0 Å². The van der Waals surface area contributed by atoms with Gasteiger partial charge in [-0.1, -0.05) is 19.1 Å². The van der Waals surface area contributed by atoms with Gasteiger partial charge < -0.3 is 10.1 Å². The fraction of sp³-hybridized carbons (Fsp3) is 0.500. The number of para-hydroxylation sites is 1. The second-order valence-electron chi connectivity index (χ2n) is 3.36. The van der Waals surface area contributed by atoms with Gasteiger partial charge in [-0.05, 0) is 31.9 Å². The normalized spacial score (nSPS) is 12.5. The molecule has 1 aromatic carbocycles. The third-order valence-corrected chi connectivity index (χ3v) is 3.03. The Morgan fingerprint density at radius 3 is 2.73 bits per heavy atom. The van der Waals surface area contributed by atoms with Gasteiger partial charge in [-0.2, -0.15) is 0 Å². The van der Waals surface area contributed by atoms with E-state index in [0.29, 0.717) is 0 Å². The number of nitrogens with one attached hydrogen (secondary N) is 1. The smallest absolute Gasteiger partial charge is 0.133 e. The molecule has 84 valence electrons. The molecule has 3 heteroatoms. The maximum Gasteiger partial charge on any atom is 0.133 e. The van der Waals surface area contributed by atoms with Crippen LogP contribution in [-0.2, 0) is 0 Å². The highest BCUT2D eigenvalue weighted by Crippen LogP contribution is 2.27. The summed E-state index contributed by atoms with van der Waals surface area (Å²) in [5.74, 6) is 0.993. The van der Waals surface area contributed by atoms with Crippen molar-refractivity contribution < 1.29 is 4.74 Å². The van der Waals surface area contributed by atoms with E-state index in [-0.39, 0.29) is 6.10 Å². The second kappa shape index (κ2) is 6.75. The highest BCUT2D eigenvalue weighted by molar-refractivity contribution is 7.98. The zero-order valence-electron chi connectivity index (χ0n) is 9.62. The highest BCUT2D eigenvalue weighted by atomic mass is 32.2. The SMILES string of the molecule is CCC(CNC)Oc1ccccc1SC. The van der Waals surface area contributed by atoms with Crippen molar-refractivity contribution in [1.82, 2.24) is 5.32 Å². The standard InChI is InChI=1S/C12H19NOS/c1-4-10(9-13-2)14-11-7-5-6-8-12(11)15-3/h5-8,10,13H,4,9H2,1-3H3. The molecule has 1 rings (SSSR count). The third-order valence-electron chi connectivity index (χ3n) is 2.25. The van der Waals surface area contributed by atoms with Crippen molar-refractivity contribution >= 4 is 11.8 Å². The minimum absolute atomic E-state index is 0.253. The lowest BCUT2D eigenvalue weighted by molar-refractivity contribution is 0.192. The molecule has 0 heterocycles. The van der Waals surface area contributed by atoms with Crippen molar-refractivity contribution in [2.45, 2.75) is 24.3 Å². The summed E-state index contributed by atoms with van der Waals surface area (Å²) in [4.78, 5) is 1.20. The van der Waals surface area contributed by atoms with Crippen LogP contribution in [0.5, 0.6) is 5.75 Å². The fourth-order valence-corrected chi connectivity index (χ4v) is 1.92. The predicted octanol–water partition coefficient (Wildman–Crippen LogP) is 2.79. The van der Waals surface area contributed by atoms with Gasteiger partial charge >= 0.3 is 0 Å². The van der Waals surface area contributed by atoms with Crippen LogP contribution >= 0.6 is 11.8 Å². The number of hydrogen-bond donors (Lipinski definition) is 1. The van der Waals surface area contributed by atoms with Crippen LogP contribution in [0.1, 0.15) is 13.3 Å². The van der Waals surface area contributed by atoms with Crippen molar-refractivity contribution in [1.29, 1.82) is 0 Å². The number of ether oxygens (including phenoxy) is 1. The molecule has 1 atom stereocenters. The molecular weight excluding hydrogens is 206 g/mol. The van der Waals surface area contributed by atoms with Gasteiger partial charge in [0.1, 0.15) is 11.9 Å². The molecule has 0 aliphatic heterocycles. The minimum atomic E-state index is 0.253. The molecule has 0 bridgehead atoms. The lowest BCUT2D eigenvalue weighted by Gasteiger charge is -2.18. The van der Waals surface area contributed by atoms with Crippen LogP contribution in [0.3, 0.4) is 0 Å². The molecule has 0 radical (unpaired) electrons. The molecule has 0 spiro atoms. The largest absolute Gasteiger partial charge is 0.488 e. The van der Waals surface area contributed by atoms with E-state index in [1.165, 1.54) is 4.90 Å². The Morgan fingerprint density at radius 1 is 1.40 bits per heavy atom. The predicted molar refractivity (Wildman–Crippen MR) is 66.9 cm³/mol. The number of hydrogen-bond acceptors (Lipinski definition) is 3. The number of benzene rings is 1. The third kappa shape index (κ3) is 3.76. The van der Waals surface area contributed by atoms with Crippen molar-refractivity contribution in [3.63, 3.8) is 0 Å². The van der Waals surface area contributed by atoms with Gasteiger partial charge in [0, 0.05) is 11.4 Å². The lowest BCUT2D eigenvalue weighted by atomic mass is 10.2. The Balaban J connectivity index is 2.69. The van der Waals surface area contributed by atoms with Gasteiger partial charge in [-0.3, -0.25) is 0 Å². The molecular formula is C12H19NOS. The maximum absolute atomic E-state index is 5.94. The first-order valence-corrected chi connectivity index (χ1v) is 6.48. The summed E-state index contributed by atoms with van der Waals surface area (Å²) in [5.41, 5.74) is 0. The van der Waals surface area contributed by atoms with Crippen molar-refractivity contribution in [3.05, 3.63) is 24.3 Å². The minimum Gasteiger partial charge on any atom is -0.488 e. The first kappa shape index (κ1) is 12.4. The molecule has 15 heavy (non-hydrogen) atoms. The Labute approximate surface area is 96.4 Å². The van der Waals surface area contributed by atoms with E-state index in [9.17, 15) is 0 Å². The average molecular weight is 225 g/mol. The van der Waals surface area contributed by atoms with Crippen molar-refractivity contribution in [2.24, 2.45) is 0 Å². The number of rotatable bonds is 6. The summed E-state index contributed by atoms with van der Waals surface area (Å²) >= 11 is 1.72. The summed E-state index contributed by atoms with van der Waals surface area (Å²) in [5, 5.41) is 3.14. The number of thioether (sulfide) groups is 1. The highest BCUT2D eigenvalue weighted by Gasteiger charge is 2.09. The van der Waals surface area contributed by atoms with E-state index in [1.807, 2.05) is 25.2 Å². The van der Waals surface area contributed by atoms with Crippen LogP contribution < -0.4 is 10.1 Å². The molecule has 0 aliphatic carbocycles. The van der Waals surface area contributed by atoms with Crippen molar-refractivity contribution in [3.8, 4) is 5.75 Å². The fourth-order valence-electron chi connectivity index (χ4n) is 1.39. The van der Waals surface area contributed by atoms with Crippen LogP contribution in [0.4, 0.5) is 0 Å². The zero-order chi connectivity index (χ0) is 11.1. The quantitative estimate of drug-likeness (QED) is 0.752. The summed E-state index contributed by atoms with van der Waals surface area (Å²) in [6.07, 6.45) is 3.34. The van der Waals surface area contributed by atoms with E-state index < -0.39 is 0 Å². The Morgan fingerprint density at radius 2 is 2.13 bits per heavy atom. The maximum atomic E-state index is 5.94. The summed E-state index contributed by atoms with van der Waals surface area (Å²) in [6, 6.07) is 8.18. The Hall–Kier alpha value is -0.670. The monoisotopic (exact) mass is 225 g/mol. The van der Waals surface area contributed by atoms with Crippen molar-refractivity contribution in [2.75, 3.05) is 19.8 Å². The Kier molecular flexibility index (Phi) is 5.58. The van der Waals surface area contributed by atoms with E-state index in [2.05, 4.69) is 24.6 Å². The first-order valence-electron chi connectivity index (χ1n) is 5.26. The van der Waals surface area contributed by atoms with Gasteiger partial charge in [-0.15, -0.1) is 11.8 Å². The van der Waals surface area contributed by atoms with E-state index in [1.54, 1.807) is 11.8 Å². The molecule has 0 amide bonds. The zero-order valence-corrected chi connectivity index (χ0v) is 10.4. The first-order chi connectivity index (χ1) is 7.31. The second-order valence-corrected chi connectivity index (χ2v) is 4.20. The van der Waals surface area contributed by atoms with Gasteiger partial charge in [0.2, 0.25) is 0 Å². The molecule has 0 fully saturated rings. The van der Waals surface area contributed by atoms with Crippen LogP contribution in [0.2, 0.25) is 0 Å². The summed E-state index contributed by atoms with van der Waals surface area (Å²) < 4.78 is 5.94. The molecule has 1 unspecified atom stereocenters. The number of likely N-dealkylation sites (N-methyl/N-ethyl adjacent to an activating group) is 1. The van der Waals surface area contributed by atoms with E-state index in [4.69, 9.17) is 4.74 Å². The summed E-state index contributed by atoms with van der Waals surface area (Å²) in [7, 11) is 1.95. The topological polar surface area (TPSA) is 21.3 Å². The molecule has 1 N–H and O–H groups in total. The van der Waals surface area contributed by atoms with Gasteiger partial charge in [0.25, 0.3) is 0 Å².